The maximum absolute atomic E-state index is 12.2. The number of hydrogen-bond acceptors (Lipinski definition) is 6. The molecule has 0 unspecified atom stereocenters. The number of rotatable bonds is 4. The molecule has 4 aromatic heterocycles. The highest BCUT2D eigenvalue weighted by atomic mass is 32.1. The molecule has 25 heavy (non-hydrogen) atoms. The molecule has 0 amide bonds. The zero-order chi connectivity index (χ0) is 17.4. The van der Waals surface area contributed by atoms with Crippen LogP contribution in [0.5, 0.6) is 0 Å². The van der Waals surface area contributed by atoms with Gasteiger partial charge in [-0.2, -0.15) is 5.10 Å². The Morgan fingerprint density at radius 2 is 2.20 bits per heavy atom. The highest BCUT2D eigenvalue weighted by Crippen LogP contribution is 2.23. The van der Waals surface area contributed by atoms with Crippen LogP contribution in [0.1, 0.15) is 21.7 Å². The fraction of sp³-hybridized carbons (Fsp3) is 0.176. The predicted octanol–water partition coefficient (Wildman–Crippen LogP) is 2.86. The van der Waals surface area contributed by atoms with Gasteiger partial charge in [-0.15, -0.1) is 11.3 Å². The number of carbonyl (C=O) groups excluding carboxylic acids is 1. The standard InChI is InChI=1S/C17H15N5O2S/c1-11-3-4-22-8-14(20-15(22)5-11)17(23)24-9-13-10-25-16(19-13)12-6-18-21(2)7-12/h3-8,10H,9H2,1-2H3. The molecule has 0 N–H and O–H groups in total. The third-order valence-corrected chi connectivity index (χ3v) is 4.62. The molecule has 4 rings (SSSR count). The summed E-state index contributed by atoms with van der Waals surface area (Å²) in [6.45, 7) is 2.09. The van der Waals surface area contributed by atoms with Gasteiger partial charge in [0.2, 0.25) is 0 Å². The summed E-state index contributed by atoms with van der Waals surface area (Å²) in [5.74, 6) is -0.461. The lowest BCUT2D eigenvalue weighted by Gasteiger charge is -1.99. The molecule has 126 valence electrons. The minimum atomic E-state index is -0.461. The Balaban J connectivity index is 1.45. The highest BCUT2D eigenvalue weighted by Gasteiger charge is 2.14. The van der Waals surface area contributed by atoms with E-state index in [2.05, 4.69) is 15.1 Å². The van der Waals surface area contributed by atoms with Gasteiger partial charge in [0.1, 0.15) is 17.3 Å². The van der Waals surface area contributed by atoms with Crippen LogP contribution in [0.3, 0.4) is 0 Å². The SMILES string of the molecule is Cc1ccn2cc(C(=O)OCc3csc(-c4cnn(C)c4)n3)nc2c1. The summed E-state index contributed by atoms with van der Waals surface area (Å²) in [6.07, 6.45) is 7.19. The minimum absolute atomic E-state index is 0.114. The molecular formula is C17H15N5O2S. The van der Waals surface area contributed by atoms with Crippen molar-refractivity contribution in [1.82, 2.24) is 24.1 Å². The number of esters is 1. The summed E-state index contributed by atoms with van der Waals surface area (Å²) in [7, 11) is 1.86. The van der Waals surface area contributed by atoms with Crippen molar-refractivity contribution in [2.24, 2.45) is 7.05 Å². The molecule has 0 radical (unpaired) electrons. The summed E-state index contributed by atoms with van der Waals surface area (Å²) < 4.78 is 8.86. The summed E-state index contributed by atoms with van der Waals surface area (Å²) in [5, 5.41) is 6.86. The van der Waals surface area contributed by atoms with Crippen molar-refractivity contribution < 1.29 is 9.53 Å². The van der Waals surface area contributed by atoms with Crippen LogP contribution in [0.4, 0.5) is 0 Å². The van der Waals surface area contributed by atoms with Crippen LogP contribution in [0.2, 0.25) is 0 Å². The van der Waals surface area contributed by atoms with E-state index in [4.69, 9.17) is 4.74 Å². The van der Waals surface area contributed by atoms with Crippen molar-refractivity contribution in [3.05, 3.63) is 59.3 Å². The largest absolute Gasteiger partial charge is 0.454 e. The zero-order valence-electron chi connectivity index (χ0n) is 13.7. The van der Waals surface area contributed by atoms with Crippen molar-refractivity contribution in [3.8, 4) is 10.6 Å². The number of hydrogen-bond donors (Lipinski definition) is 0. The fourth-order valence-corrected chi connectivity index (χ4v) is 3.21. The van der Waals surface area contributed by atoms with Crippen molar-refractivity contribution in [3.63, 3.8) is 0 Å². The fourth-order valence-electron chi connectivity index (χ4n) is 2.43. The van der Waals surface area contributed by atoms with Crippen LogP contribution >= 0.6 is 11.3 Å². The second-order valence-electron chi connectivity index (χ2n) is 5.72. The van der Waals surface area contributed by atoms with E-state index in [-0.39, 0.29) is 12.3 Å². The molecule has 0 aliphatic heterocycles. The number of aromatic nitrogens is 5. The van der Waals surface area contributed by atoms with Gasteiger partial charge in [-0.05, 0) is 24.6 Å². The quantitative estimate of drug-likeness (QED) is 0.528. The van der Waals surface area contributed by atoms with Gasteiger partial charge in [0.15, 0.2) is 5.69 Å². The van der Waals surface area contributed by atoms with Gasteiger partial charge in [-0.25, -0.2) is 14.8 Å². The third-order valence-electron chi connectivity index (χ3n) is 3.68. The lowest BCUT2D eigenvalue weighted by atomic mass is 10.3. The van der Waals surface area contributed by atoms with E-state index >= 15 is 0 Å². The molecule has 0 aliphatic carbocycles. The number of ether oxygens (including phenoxy) is 1. The van der Waals surface area contributed by atoms with Gasteiger partial charge in [0, 0.05) is 36.6 Å². The summed E-state index contributed by atoms with van der Waals surface area (Å²) in [4.78, 5) is 21.0. The average Bonchev–Trinajstić information content (AvgIpc) is 3.30. The number of nitrogens with zero attached hydrogens (tertiary/aromatic N) is 5. The Hall–Kier alpha value is -3.00. The van der Waals surface area contributed by atoms with E-state index in [1.54, 1.807) is 21.5 Å². The van der Waals surface area contributed by atoms with Gasteiger partial charge in [-0.1, -0.05) is 0 Å². The highest BCUT2D eigenvalue weighted by molar-refractivity contribution is 7.13. The number of aryl methyl sites for hydroxylation is 2. The first-order chi connectivity index (χ1) is 12.1. The van der Waals surface area contributed by atoms with E-state index in [0.717, 1.165) is 21.8 Å². The van der Waals surface area contributed by atoms with E-state index in [0.29, 0.717) is 5.69 Å². The van der Waals surface area contributed by atoms with Gasteiger partial charge in [0.05, 0.1) is 11.9 Å². The first kappa shape index (κ1) is 15.5. The van der Waals surface area contributed by atoms with E-state index in [1.165, 1.54) is 11.3 Å². The normalized spacial score (nSPS) is 11.1. The van der Waals surface area contributed by atoms with Crippen molar-refractivity contribution in [1.29, 1.82) is 0 Å². The van der Waals surface area contributed by atoms with Crippen LogP contribution in [-0.4, -0.2) is 30.1 Å². The van der Waals surface area contributed by atoms with Crippen molar-refractivity contribution >= 4 is 23.0 Å². The molecule has 7 nitrogen and oxygen atoms in total. The maximum Gasteiger partial charge on any atom is 0.358 e. The van der Waals surface area contributed by atoms with Crippen LogP contribution in [-0.2, 0) is 18.4 Å². The molecule has 4 aromatic rings. The Labute approximate surface area is 147 Å². The molecule has 0 saturated heterocycles. The molecule has 0 spiro atoms. The summed E-state index contributed by atoms with van der Waals surface area (Å²) in [5.41, 5.74) is 3.74. The van der Waals surface area contributed by atoms with Crippen LogP contribution < -0.4 is 0 Å². The smallest absolute Gasteiger partial charge is 0.358 e. The Kier molecular flexibility index (Phi) is 3.81. The minimum Gasteiger partial charge on any atom is -0.454 e. The zero-order valence-corrected chi connectivity index (χ0v) is 14.5. The van der Waals surface area contributed by atoms with Gasteiger partial charge >= 0.3 is 5.97 Å². The molecular weight excluding hydrogens is 338 g/mol. The van der Waals surface area contributed by atoms with Gasteiger partial charge < -0.3 is 9.14 Å². The average molecular weight is 353 g/mol. The van der Waals surface area contributed by atoms with Crippen LogP contribution in [0, 0.1) is 6.92 Å². The van der Waals surface area contributed by atoms with Gasteiger partial charge in [0.25, 0.3) is 0 Å². The van der Waals surface area contributed by atoms with Gasteiger partial charge in [-0.3, -0.25) is 4.68 Å². The Bertz CT molecular complexity index is 1060. The topological polar surface area (TPSA) is 74.3 Å². The molecule has 0 aromatic carbocycles. The van der Waals surface area contributed by atoms with E-state index in [1.807, 2.05) is 43.9 Å². The predicted molar refractivity (Wildman–Crippen MR) is 93.4 cm³/mol. The van der Waals surface area contributed by atoms with Crippen LogP contribution in [0.15, 0.2) is 42.3 Å². The van der Waals surface area contributed by atoms with E-state index in [9.17, 15) is 4.79 Å². The second-order valence-corrected chi connectivity index (χ2v) is 6.58. The first-order valence-electron chi connectivity index (χ1n) is 7.64. The molecule has 0 aliphatic rings. The molecule has 0 bridgehead atoms. The lowest BCUT2D eigenvalue weighted by molar-refractivity contribution is 0.0462. The van der Waals surface area contributed by atoms with E-state index < -0.39 is 5.97 Å². The summed E-state index contributed by atoms with van der Waals surface area (Å²) in [6, 6.07) is 3.87. The molecule has 0 atom stereocenters. The summed E-state index contributed by atoms with van der Waals surface area (Å²) >= 11 is 1.49. The number of fused-ring (bicyclic) bond motifs is 1. The molecule has 8 heteroatoms. The number of carbonyl (C=O) groups is 1. The first-order valence-corrected chi connectivity index (χ1v) is 8.52. The second kappa shape index (κ2) is 6.14. The number of imidazole rings is 1. The Morgan fingerprint density at radius 1 is 1.32 bits per heavy atom. The monoisotopic (exact) mass is 353 g/mol. The van der Waals surface area contributed by atoms with Crippen molar-refractivity contribution in [2.75, 3.05) is 0 Å². The molecule has 0 fully saturated rings. The third kappa shape index (κ3) is 3.16. The number of pyridine rings is 1. The Morgan fingerprint density at radius 3 is 3.00 bits per heavy atom. The molecule has 4 heterocycles. The maximum atomic E-state index is 12.2. The van der Waals surface area contributed by atoms with Crippen molar-refractivity contribution in [2.45, 2.75) is 13.5 Å². The van der Waals surface area contributed by atoms with Crippen LogP contribution in [0.25, 0.3) is 16.2 Å². The lowest BCUT2D eigenvalue weighted by Crippen LogP contribution is -2.05. The molecule has 0 saturated carbocycles. The number of thiazole rings is 1.